The minimum atomic E-state index is -1.19. The van der Waals surface area contributed by atoms with Gasteiger partial charge in [0.1, 0.15) is 0 Å². The van der Waals surface area contributed by atoms with Crippen LogP contribution < -0.4 is 41.7 Å². The zero-order valence-corrected chi connectivity index (χ0v) is 59.7. The van der Waals surface area contributed by atoms with Crippen molar-refractivity contribution < 1.29 is 43.5 Å². The highest BCUT2D eigenvalue weighted by atomic mass is 35.5. The summed E-state index contributed by atoms with van der Waals surface area (Å²) < 4.78 is 4.38. The standard InChI is InChI=1S/2C37H43N5O4S.C2H6O.ClH/c2*1-4-15-40-22-27(28-10-5-6-11-30(28)40)19-29(39-36(46)37(2,3)38)32(43)20-26-18-25-9-7-12-31(41-16-8-13-33(41)44)34(25)42(35(26)45)21-24-14-17-47-23-24;1-2-3;/h2*5-7,9-12,14,17,22-23,26,29H,4,8,13,15-16,18-21,38H2,1-3H3,(H,39,46);3H,2H2,1H3;1H/t2*26?,29-;;/m11../s1. The molecular formula is C76H93ClN10O9S2. The summed E-state index contributed by atoms with van der Waals surface area (Å²) in [4.78, 5) is 116. The second-order valence-electron chi connectivity index (χ2n) is 27.1. The Bertz CT molecular complexity index is 3900. The Morgan fingerprint density at radius 1 is 0.571 bits per heavy atom. The average Bonchev–Trinajstić information content (AvgIpc) is 1.02. The first-order valence-electron chi connectivity index (χ1n) is 34.0. The number of benzene rings is 4. The smallest absolute Gasteiger partial charge is 0.240 e. The summed E-state index contributed by atoms with van der Waals surface area (Å²) in [6.07, 6.45) is 9.84. The molecule has 7 N–H and O–H groups in total. The Morgan fingerprint density at radius 3 is 1.30 bits per heavy atom. The number of fused-ring (bicyclic) bond motifs is 4. The molecule has 12 rings (SSSR count). The number of aryl methyl sites for hydroxylation is 2. The van der Waals surface area contributed by atoms with E-state index in [0.29, 0.717) is 51.9 Å². The maximum atomic E-state index is 14.4. The monoisotopic (exact) mass is 1390 g/mol. The Labute approximate surface area is 588 Å². The van der Waals surface area contributed by atoms with Crippen LogP contribution in [0.15, 0.2) is 131 Å². The van der Waals surface area contributed by atoms with Gasteiger partial charge in [-0.05, 0) is 164 Å². The highest BCUT2D eigenvalue weighted by Crippen LogP contribution is 2.44. The van der Waals surface area contributed by atoms with Crippen LogP contribution in [0.25, 0.3) is 21.8 Å². The normalized spacial score (nSPS) is 16.8. The fraction of sp³-hybridized carbons (Fsp3) is 0.421. The minimum Gasteiger partial charge on any atom is -0.397 e. The molecule has 0 saturated carbocycles. The third-order valence-electron chi connectivity index (χ3n) is 18.4. The van der Waals surface area contributed by atoms with Crippen LogP contribution in [-0.4, -0.2) is 104 Å². The maximum absolute atomic E-state index is 14.4. The predicted molar refractivity (Wildman–Crippen MR) is 393 cm³/mol. The van der Waals surface area contributed by atoms with E-state index in [4.69, 9.17) is 16.6 Å². The van der Waals surface area contributed by atoms with E-state index >= 15 is 0 Å². The molecule has 520 valence electrons. The van der Waals surface area contributed by atoms with E-state index in [1.165, 1.54) is 0 Å². The fourth-order valence-corrected chi connectivity index (χ4v) is 15.0. The molecule has 6 amide bonds. The van der Waals surface area contributed by atoms with Gasteiger partial charge in [-0.2, -0.15) is 22.7 Å². The Kier molecular flexibility index (Phi) is 24.6. The van der Waals surface area contributed by atoms with Crippen molar-refractivity contribution in [2.24, 2.45) is 23.3 Å². The van der Waals surface area contributed by atoms with E-state index in [0.717, 1.165) is 117 Å². The molecule has 4 aromatic heterocycles. The summed E-state index contributed by atoms with van der Waals surface area (Å²) in [5.74, 6) is -2.70. The molecule has 4 aromatic carbocycles. The number of rotatable bonds is 24. The van der Waals surface area contributed by atoms with Gasteiger partial charge in [-0.3, -0.25) is 38.4 Å². The number of aliphatic hydroxyl groups excluding tert-OH is 1. The van der Waals surface area contributed by atoms with E-state index in [9.17, 15) is 38.4 Å². The lowest BCUT2D eigenvalue weighted by Crippen LogP contribution is -2.55. The number of thiophene rings is 2. The van der Waals surface area contributed by atoms with E-state index in [2.05, 4.69) is 58.1 Å². The minimum absolute atomic E-state index is 0. The van der Waals surface area contributed by atoms with Crippen LogP contribution in [0.4, 0.5) is 22.7 Å². The number of Topliss-reactive ketones (excluding diaryl/α,β-unsaturated/α-hetero) is 2. The maximum Gasteiger partial charge on any atom is 0.240 e. The van der Waals surface area contributed by atoms with Crippen molar-refractivity contribution in [3.05, 3.63) is 164 Å². The van der Waals surface area contributed by atoms with Crippen molar-refractivity contribution in [1.82, 2.24) is 19.8 Å². The highest BCUT2D eigenvalue weighted by molar-refractivity contribution is 7.08. The van der Waals surface area contributed by atoms with Gasteiger partial charge in [0.15, 0.2) is 11.6 Å². The number of aromatic nitrogens is 2. The number of anilines is 4. The summed E-state index contributed by atoms with van der Waals surface area (Å²) in [5, 5.41) is 23.5. The number of halogens is 1. The number of hydrogen-bond donors (Lipinski definition) is 5. The van der Waals surface area contributed by atoms with Gasteiger partial charge in [0, 0.05) is 117 Å². The van der Waals surface area contributed by atoms with E-state index in [-0.39, 0.29) is 79.9 Å². The molecule has 0 aliphatic carbocycles. The summed E-state index contributed by atoms with van der Waals surface area (Å²) in [6, 6.07) is 30.1. The van der Waals surface area contributed by atoms with Gasteiger partial charge in [0.05, 0.1) is 59.0 Å². The van der Waals surface area contributed by atoms with Crippen LogP contribution in [0, 0.1) is 11.8 Å². The summed E-state index contributed by atoms with van der Waals surface area (Å²) in [6.45, 7) is 16.2. The van der Waals surface area contributed by atoms with Crippen molar-refractivity contribution in [2.45, 2.75) is 175 Å². The first-order chi connectivity index (χ1) is 46.5. The van der Waals surface area contributed by atoms with E-state index in [1.807, 2.05) is 106 Å². The molecule has 4 aliphatic heterocycles. The highest BCUT2D eigenvalue weighted by Gasteiger charge is 2.42. The molecule has 8 aromatic rings. The molecule has 2 unspecified atom stereocenters. The number of para-hydroxylation sites is 4. The number of carbonyl (C=O) groups is 8. The molecule has 0 radical (unpaired) electrons. The SMILES string of the molecule is CCCn1cc(C[C@@H](NC(=O)C(C)(C)N)C(=O)CC2Cc3cccc(N4CCCC4=O)c3N(Cc3ccsc3)C2=O)c2ccccc21.CCCn1cc(C[C@@H](NC(=O)C(C)(C)N)C(=O)CC2Cc3cccc(N4CCCC4=O)c3N(Cc3ccsc3)C2=O)c2ccccc21.CCO.Cl. The molecule has 4 atom stereocenters. The number of ketones is 2. The van der Waals surface area contributed by atoms with E-state index in [1.54, 1.807) is 76.9 Å². The van der Waals surface area contributed by atoms with Gasteiger partial charge < -0.3 is 55.9 Å². The summed E-state index contributed by atoms with van der Waals surface area (Å²) >= 11 is 3.12. The molecule has 2 fully saturated rings. The second kappa shape index (κ2) is 32.6. The molecule has 19 nitrogen and oxygen atoms in total. The third-order valence-corrected chi connectivity index (χ3v) is 19.9. The lowest BCUT2D eigenvalue weighted by atomic mass is 9.85. The molecule has 2 saturated heterocycles. The Balaban J connectivity index is 0.000000218. The van der Waals surface area contributed by atoms with Gasteiger partial charge in [0.25, 0.3) is 0 Å². The van der Waals surface area contributed by atoms with Crippen LogP contribution in [0.2, 0.25) is 0 Å². The fourth-order valence-electron chi connectivity index (χ4n) is 13.7. The van der Waals surface area contributed by atoms with Gasteiger partial charge >= 0.3 is 0 Å². The van der Waals surface area contributed by atoms with Crippen LogP contribution in [0.5, 0.6) is 0 Å². The first kappa shape index (κ1) is 73.9. The number of carbonyl (C=O) groups excluding carboxylic acids is 8. The number of nitrogens with zero attached hydrogens (tertiary/aromatic N) is 6. The Morgan fingerprint density at radius 2 is 0.959 bits per heavy atom. The van der Waals surface area contributed by atoms with Crippen LogP contribution in [-0.2, 0) is 90.2 Å². The zero-order valence-electron chi connectivity index (χ0n) is 57.2. The lowest BCUT2D eigenvalue weighted by molar-refractivity contribution is -0.132. The number of hydrogen-bond acceptors (Lipinski definition) is 13. The molecule has 22 heteroatoms. The summed E-state index contributed by atoms with van der Waals surface area (Å²) in [7, 11) is 0. The largest absolute Gasteiger partial charge is 0.397 e. The average molecular weight is 1390 g/mol. The van der Waals surface area contributed by atoms with Crippen molar-refractivity contribution in [3.8, 4) is 0 Å². The van der Waals surface area contributed by atoms with E-state index < -0.39 is 46.8 Å². The molecular weight excluding hydrogens is 1300 g/mol. The zero-order chi connectivity index (χ0) is 69.3. The quantitative estimate of drug-likeness (QED) is 0.0380. The van der Waals surface area contributed by atoms with Gasteiger partial charge in [-0.15, -0.1) is 12.4 Å². The summed E-state index contributed by atoms with van der Waals surface area (Å²) in [5.41, 5.74) is 20.9. The predicted octanol–water partition coefficient (Wildman–Crippen LogP) is 11.2. The number of nitrogens with two attached hydrogens (primary N) is 2. The van der Waals surface area contributed by atoms with Crippen molar-refractivity contribution >= 4 is 127 Å². The second-order valence-corrected chi connectivity index (χ2v) is 28.6. The van der Waals surface area contributed by atoms with Crippen molar-refractivity contribution in [1.29, 1.82) is 0 Å². The molecule has 98 heavy (non-hydrogen) atoms. The molecule has 4 aliphatic rings. The van der Waals surface area contributed by atoms with Gasteiger partial charge in [0.2, 0.25) is 35.4 Å². The van der Waals surface area contributed by atoms with Crippen LogP contribution in [0.1, 0.15) is 133 Å². The van der Waals surface area contributed by atoms with Gasteiger partial charge in [-0.25, -0.2) is 0 Å². The number of amides is 6. The first-order valence-corrected chi connectivity index (χ1v) is 35.9. The molecule has 0 bridgehead atoms. The van der Waals surface area contributed by atoms with Gasteiger partial charge in [-0.1, -0.05) is 74.5 Å². The molecule has 8 heterocycles. The topological polar surface area (TPSA) is 256 Å². The van der Waals surface area contributed by atoms with Crippen LogP contribution in [0.3, 0.4) is 0 Å². The van der Waals surface area contributed by atoms with Crippen molar-refractivity contribution in [2.75, 3.05) is 39.3 Å². The van der Waals surface area contributed by atoms with Crippen LogP contribution >= 0.6 is 35.1 Å². The number of nitrogens with one attached hydrogen (secondary N) is 2. The van der Waals surface area contributed by atoms with Crippen molar-refractivity contribution in [3.63, 3.8) is 0 Å². The molecule has 0 spiro atoms. The Hall–Kier alpha value is -8.31. The number of aliphatic hydroxyl groups is 1. The lowest BCUT2D eigenvalue weighted by Gasteiger charge is -2.37. The third kappa shape index (κ3) is 16.9.